The van der Waals surface area contributed by atoms with Gasteiger partial charge in [0.05, 0.1) is 5.69 Å². The van der Waals surface area contributed by atoms with Gasteiger partial charge in [-0.3, -0.25) is 4.79 Å². The van der Waals surface area contributed by atoms with Crippen molar-refractivity contribution in [2.45, 2.75) is 39.2 Å². The number of hydrogen-bond donors (Lipinski definition) is 1. The molecule has 144 valence electrons. The van der Waals surface area contributed by atoms with Gasteiger partial charge in [0.25, 0.3) is 0 Å². The fraction of sp³-hybridized carbons (Fsp3) is 0.318. The minimum absolute atomic E-state index is 0.152. The highest BCUT2D eigenvalue weighted by Crippen LogP contribution is 2.29. The summed E-state index contributed by atoms with van der Waals surface area (Å²) in [4.78, 5) is 18.6. The summed E-state index contributed by atoms with van der Waals surface area (Å²) in [7, 11) is 0. The summed E-state index contributed by atoms with van der Waals surface area (Å²) < 4.78 is 1.80. The zero-order valence-corrected chi connectivity index (χ0v) is 16.2. The molecular weight excluding hydrogens is 352 g/mol. The summed E-state index contributed by atoms with van der Waals surface area (Å²) in [5.41, 5.74) is 3.83. The normalized spacial score (nSPS) is 15.2. The third kappa shape index (κ3) is 3.31. The van der Waals surface area contributed by atoms with E-state index in [9.17, 15) is 9.90 Å². The van der Waals surface area contributed by atoms with E-state index in [1.807, 2.05) is 47.4 Å². The molecule has 1 amide bonds. The van der Waals surface area contributed by atoms with Crippen LogP contribution in [0, 0.1) is 0 Å². The zero-order valence-electron chi connectivity index (χ0n) is 16.2. The summed E-state index contributed by atoms with van der Waals surface area (Å²) in [5, 5.41) is 14.6. The number of aliphatic hydroxyl groups excluding tert-OH is 1. The lowest BCUT2D eigenvalue weighted by molar-refractivity contribution is -0.117. The summed E-state index contributed by atoms with van der Waals surface area (Å²) >= 11 is 0. The molecule has 1 saturated heterocycles. The highest BCUT2D eigenvalue weighted by atomic mass is 16.3. The molecular formula is C22H24N4O2. The van der Waals surface area contributed by atoms with Crippen LogP contribution >= 0.6 is 0 Å². The summed E-state index contributed by atoms with van der Waals surface area (Å²) in [5.74, 6) is 1.19. The highest BCUT2D eigenvalue weighted by Gasteiger charge is 2.23. The van der Waals surface area contributed by atoms with Gasteiger partial charge >= 0.3 is 0 Å². The topological polar surface area (TPSA) is 71.2 Å². The van der Waals surface area contributed by atoms with Crippen LogP contribution < -0.4 is 4.90 Å². The van der Waals surface area contributed by atoms with Gasteiger partial charge in [-0.1, -0.05) is 37.3 Å². The lowest BCUT2D eigenvalue weighted by Crippen LogP contribution is -2.23. The van der Waals surface area contributed by atoms with Crippen LogP contribution in [0.15, 0.2) is 48.5 Å². The first-order chi connectivity index (χ1) is 13.6. The largest absolute Gasteiger partial charge is 0.385 e. The van der Waals surface area contributed by atoms with Gasteiger partial charge in [-0.25, -0.2) is 9.67 Å². The summed E-state index contributed by atoms with van der Waals surface area (Å²) in [6.45, 7) is 4.51. The Morgan fingerprint density at radius 2 is 2.00 bits per heavy atom. The van der Waals surface area contributed by atoms with E-state index >= 15 is 0 Å². The van der Waals surface area contributed by atoms with Gasteiger partial charge < -0.3 is 10.0 Å². The maximum Gasteiger partial charge on any atom is 0.227 e. The van der Waals surface area contributed by atoms with E-state index in [0.29, 0.717) is 18.1 Å². The predicted octanol–water partition coefficient (Wildman–Crippen LogP) is 3.68. The maximum absolute atomic E-state index is 12.1. The molecule has 0 aliphatic carbocycles. The van der Waals surface area contributed by atoms with Crippen molar-refractivity contribution in [2.24, 2.45) is 0 Å². The molecule has 4 rings (SSSR count). The Morgan fingerprint density at radius 1 is 1.18 bits per heavy atom. The Morgan fingerprint density at radius 3 is 2.71 bits per heavy atom. The van der Waals surface area contributed by atoms with Crippen molar-refractivity contribution >= 4 is 11.6 Å². The SMILES string of the molecule is CCc1ccccc1-n1nc(C(C)O)nc1-c1cccc(N2CCCC2=O)c1. The van der Waals surface area contributed by atoms with Crippen molar-refractivity contribution < 1.29 is 9.90 Å². The number of nitrogens with zero attached hydrogens (tertiary/aromatic N) is 4. The molecule has 3 aromatic rings. The molecule has 2 heterocycles. The van der Waals surface area contributed by atoms with Crippen molar-refractivity contribution in [2.75, 3.05) is 11.4 Å². The minimum atomic E-state index is -0.767. The fourth-order valence-electron chi connectivity index (χ4n) is 3.61. The van der Waals surface area contributed by atoms with Gasteiger partial charge in [-0.15, -0.1) is 5.10 Å². The van der Waals surface area contributed by atoms with Crippen LogP contribution in [-0.4, -0.2) is 32.3 Å². The average Bonchev–Trinajstić information content (AvgIpc) is 3.34. The quantitative estimate of drug-likeness (QED) is 0.737. The smallest absolute Gasteiger partial charge is 0.227 e. The van der Waals surface area contributed by atoms with E-state index in [4.69, 9.17) is 0 Å². The predicted molar refractivity (Wildman–Crippen MR) is 108 cm³/mol. The number of para-hydroxylation sites is 1. The van der Waals surface area contributed by atoms with Gasteiger partial charge in [-0.05, 0) is 43.5 Å². The van der Waals surface area contributed by atoms with E-state index in [2.05, 4.69) is 23.1 Å². The molecule has 1 fully saturated rings. The Labute approximate surface area is 164 Å². The number of benzene rings is 2. The number of hydrogen-bond acceptors (Lipinski definition) is 4. The van der Waals surface area contributed by atoms with E-state index in [1.54, 1.807) is 11.6 Å². The summed E-state index contributed by atoms with van der Waals surface area (Å²) in [6.07, 6.45) is 1.57. The monoisotopic (exact) mass is 376 g/mol. The number of anilines is 1. The van der Waals surface area contributed by atoms with Gasteiger partial charge in [0.2, 0.25) is 5.91 Å². The van der Waals surface area contributed by atoms with Gasteiger partial charge in [0.1, 0.15) is 6.10 Å². The minimum Gasteiger partial charge on any atom is -0.385 e. The fourth-order valence-corrected chi connectivity index (χ4v) is 3.61. The molecule has 1 atom stereocenters. The first-order valence-corrected chi connectivity index (χ1v) is 9.72. The second-order valence-electron chi connectivity index (χ2n) is 7.06. The van der Waals surface area contributed by atoms with Crippen molar-refractivity contribution in [1.29, 1.82) is 0 Å². The molecule has 28 heavy (non-hydrogen) atoms. The Kier molecular flexibility index (Phi) is 4.96. The Bertz CT molecular complexity index is 1010. The van der Waals surface area contributed by atoms with Gasteiger partial charge in [0.15, 0.2) is 11.6 Å². The van der Waals surface area contributed by atoms with E-state index in [-0.39, 0.29) is 5.91 Å². The molecule has 0 radical (unpaired) electrons. The second-order valence-corrected chi connectivity index (χ2v) is 7.06. The second kappa shape index (κ2) is 7.56. The number of aromatic nitrogens is 3. The molecule has 0 saturated carbocycles. The first-order valence-electron chi connectivity index (χ1n) is 9.72. The molecule has 1 aromatic heterocycles. The molecule has 6 heteroatoms. The number of carbonyl (C=O) groups excluding carboxylic acids is 1. The van der Waals surface area contributed by atoms with Crippen LogP contribution in [-0.2, 0) is 11.2 Å². The van der Waals surface area contributed by atoms with Crippen LogP contribution in [0.1, 0.15) is 44.2 Å². The van der Waals surface area contributed by atoms with Crippen LogP contribution in [0.5, 0.6) is 0 Å². The van der Waals surface area contributed by atoms with Gasteiger partial charge in [-0.2, -0.15) is 0 Å². The van der Waals surface area contributed by atoms with Crippen LogP contribution in [0.4, 0.5) is 5.69 Å². The Balaban J connectivity index is 1.85. The number of aryl methyl sites for hydroxylation is 1. The van der Waals surface area contributed by atoms with Crippen molar-refractivity contribution in [3.8, 4) is 17.1 Å². The van der Waals surface area contributed by atoms with E-state index in [1.165, 1.54) is 0 Å². The first kappa shape index (κ1) is 18.4. The molecule has 0 spiro atoms. The molecule has 1 N–H and O–H groups in total. The number of aliphatic hydroxyl groups is 1. The number of carbonyl (C=O) groups is 1. The third-order valence-electron chi connectivity index (χ3n) is 5.09. The van der Waals surface area contributed by atoms with Crippen molar-refractivity contribution in [1.82, 2.24) is 14.8 Å². The highest BCUT2D eigenvalue weighted by molar-refractivity contribution is 5.95. The lowest BCUT2D eigenvalue weighted by atomic mass is 10.1. The van der Waals surface area contributed by atoms with Crippen LogP contribution in [0.2, 0.25) is 0 Å². The van der Waals surface area contributed by atoms with Gasteiger partial charge in [0, 0.05) is 24.2 Å². The third-order valence-corrected chi connectivity index (χ3v) is 5.09. The van der Waals surface area contributed by atoms with Crippen molar-refractivity contribution in [3.63, 3.8) is 0 Å². The molecule has 2 aromatic carbocycles. The molecule has 6 nitrogen and oxygen atoms in total. The standard InChI is InChI=1S/C22H24N4O2/c1-3-16-8-4-5-11-19(16)26-22(23-21(24-26)15(2)27)17-9-6-10-18(14-17)25-13-7-12-20(25)28/h4-6,8-11,14-15,27H,3,7,12-13H2,1-2H3. The summed E-state index contributed by atoms with van der Waals surface area (Å²) in [6, 6.07) is 15.9. The number of rotatable bonds is 5. The zero-order chi connectivity index (χ0) is 19.7. The molecule has 1 aliphatic rings. The van der Waals surface area contributed by atoms with E-state index < -0.39 is 6.10 Å². The van der Waals surface area contributed by atoms with E-state index in [0.717, 1.165) is 41.9 Å². The molecule has 1 unspecified atom stereocenters. The molecule has 1 aliphatic heterocycles. The molecule has 0 bridgehead atoms. The Hall–Kier alpha value is -2.99. The average molecular weight is 376 g/mol. The lowest BCUT2D eigenvalue weighted by Gasteiger charge is -2.17. The van der Waals surface area contributed by atoms with Crippen LogP contribution in [0.25, 0.3) is 17.1 Å². The maximum atomic E-state index is 12.1. The van der Waals surface area contributed by atoms with Crippen molar-refractivity contribution in [3.05, 3.63) is 59.9 Å². The van der Waals surface area contributed by atoms with Crippen LogP contribution in [0.3, 0.4) is 0 Å². The number of amides is 1.